The lowest BCUT2D eigenvalue weighted by Gasteiger charge is -2.06. The summed E-state index contributed by atoms with van der Waals surface area (Å²) in [5.74, 6) is -1.15. The first-order chi connectivity index (χ1) is 10.0. The van der Waals surface area contributed by atoms with Crippen molar-refractivity contribution in [3.05, 3.63) is 29.6 Å². The van der Waals surface area contributed by atoms with Crippen LogP contribution in [-0.2, 0) is 21.0 Å². The van der Waals surface area contributed by atoms with Crippen molar-refractivity contribution >= 4 is 39.9 Å². The van der Waals surface area contributed by atoms with E-state index >= 15 is 0 Å². The predicted molar refractivity (Wildman–Crippen MR) is 78.7 cm³/mol. The molecule has 0 aromatic carbocycles. The second kappa shape index (κ2) is 12.6. The topological polar surface area (TPSA) is 123 Å². The van der Waals surface area contributed by atoms with Crippen molar-refractivity contribution in [3.63, 3.8) is 0 Å². The van der Waals surface area contributed by atoms with Crippen molar-refractivity contribution < 1.29 is 27.1 Å². The highest BCUT2D eigenvalue weighted by atomic mass is 35.5. The van der Waals surface area contributed by atoms with Gasteiger partial charge in [-0.3, -0.25) is 9.17 Å². The Morgan fingerprint density at radius 1 is 1.45 bits per heavy atom. The molecule has 0 amide bonds. The van der Waals surface area contributed by atoms with Crippen molar-refractivity contribution in [1.29, 1.82) is 0 Å². The molecule has 0 radical (unpaired) electrons. The van der Waals surface area contributed by atoms with Crippen LogP contribution in [0.1, 0.15) is 29.4 Å². The third kappa shape index (κ3) is 15.4. The molecule has 0 bridgehead atoms. The number of aromatic nitrogens is 1. The molecule has 0 unspecified atom stereocenters. The van der Waals surface area contributed by atoms with Crippen molar-refractivity contribution in [3.8, 4) is 0 Å². The van der Waals surface area contributed by atoms with Gasteiger partial charge in [-0.05, 0) is 42.1 Å². The molecule has 0 saturated carbocycles. The Hall–Kier alpha value is -0.970. The van der Waals surface area contributed by atoms with Crippen LogP contribution in [0.25, 0.3) is 0 Å². The summed E-state index contributed by atoms with van der Waals surface area (Å²) in [6.45, 7) is 1.98. The van der Waals surface area contributed by atoms with Gasteiger partial charge in [0.2, 0.25) is 10.4 Å². The number of hydrogen-bond acceptors (Lipinski definition) is 8. The fourth-order valence-electron chi connectivity index (χ4n) is 1.06. The number of carbonyl (C=O) groups excluding carboxylic acids is 1. The molecule has 128 valence electrons. The van der Waals surface area contributed by atoms with Crippen molar-refractivity contribution in [2.24, 2.45) is 0 Å². The SMILES string of the molecule is CCCc1ncccc1C(=O)[O-].CN(Cl)Cl.COS(=O)(=O)[O-]. The predicted octanol–water partition coefficient (Wildman–Crippen LogP) is 0.716. The van der Waals surface area contributed by atoms with E-state index in [9.17, 15) is 22.9 Å². The van der Waals surface area contributed by atoms with Crippen LogP contribution in [0.2, 0.25) is 0 Å². The van der Waals surface area contributed by atoms with Gasteiger partial charge in [0.25, 0.3) is 0 Å². The summed E-state index contributed by atoms with van der Waals surface area (Å²) < 4.78 is 32.0. The summed E-state index contributed by atoms with van der Waals surface area (Å²) in [4.78, 5) is 14.5. The van der Waals surface area contributed by atoms with Gasteiger partial charge in [0.1, 0.15) is 0 Å². The van der Waals surface area contributed by atoms with E-state index in [0.29, 0.717) is 12.1 Å². The van der Waals surface area contributed by atoms with Crippen LogP contribution in [-0.4, -0.2) is 42.0 Å². The summed E-state index contributed by atoms with van der Waals surface area (Å²) in [6.07, 6.45) is 3.17. The van der Waals surface area contributed by atoms with Crippen molar-refractivity contribution in [1.82, 2.24) is 8.92 Å². The van der Waals surface area contributed by atoms with Crippen LogP contribution < -0.4 is 5.11 Å². The number of aromatic carboxylic acids is 1. The van der Waals surface area contributed by atoms with Crippen LogP contribution in [0.4, 0.5) is 0 Å². The molecule has 0 aliphatic rings. The number of hydrogen-bond donors (Lipinski definition) is 0. The second-order valence-corrected chi connectivity index (χ2v) is 5.85. The smallest absolute Gasteiger partial charge is 0.217 e. The number of carboxylic acids is 1. The van der Waals surface area contributed by atoms with E-state index in [1.54, 1.807) is 12.3 Å². The molecule has 1 rings (SSSR count). The van der Waals surface area contributed by atoms with Gasteiger partial charge in [0, 0.05) is 24.5 Å². The zero-order valence-corrected chi connectivity index (χ0v) is 14.5. The largest absolute Gasteiger partial charge is 0.726 e. The second-order valence-electron chi connectivity index (χ2n) is 3.51. The maximum Gasteiger partial charge on any atom is 0.217 e. The molecule has 0 N–H and O–H groups in total. The molecule has 8 nitrogen and oxygen atoms in total. The Bertz CT molecular complexity index is 536. The number of aryl methyl sites for hydroxylation is 1. The van der Waals surface area contributed by atoms with E-state index < -0.39 is 16.4 Å². The molecule has 0 fully saturated rings. The van der Waals surface area contributed by atoms with Crippen LogP contribution in [0.5, 0.6) is 0 Å². The summed E-state index contributed by atoms with van der Waals surface area (Å²) in [5.41, 5.74) is 0.819. The van der Waals surface area contributed by atoms with Gasteiger partial charge in [-0.1, -0.05) is 13.3 Å². The summed E-state index contributed by atoms with van der Waals surface area (Å²) >= 11 is 9.75. The minimum absolute atomic E-state index is 0.208. The Balaban J connectivity index is 0. The molecule has 0 aliphatic heterocycles. The monoisotopic (exact) mass is 374 g/mol. The van der Waals surface area contributed by atoms with E-state index in [1.807, 2.05) is 6.92 Å². The van der Waals surface area contributed by atoms with Gasteiger partial charge in [-0.15, -0.1) is 3.94 Å². The van der Waals surface area contributed by atoms with Gasteiger partial charge in [-0.2, -0.15) is 0 Å². The first-order valence-corrected chi connectivity index (χ1v) is 7.78. The average molecular weight is 375 g/mol. The quantitative estimate of drug-likeness (QED) is 0.428. The Morgan fingerprint density at radius 3 is 2.23 bits per heavy atom. The highest BCUT2D eigenvalue weighted by Gasteiger charge is 2.01. The molecule has 1 aromatic heterocycles. The third-order valence-electron chi connectivity index (χ3n) is 1.80. The van der Waals surface area contributed by atoms with Crippen molar-refractivity contribution in [2.45, 2.75) is 19.8 Å². The van der Waals surface area contributed by atoms with Gasteiger partial charge in [0.05, 0.1) is 13.1 Å². The van der Waals surface area contributed by atoms with Crippen LogP contribution in [0, 0.1) is 0 Å². The van der Waals surface area contributed by atoms with E-state index in [0.717, 1.165) is 17.5 Å². The van der Waals surface area contributed by atoms with E-state index in [2.05, 4.69) is 9.17 Å². The minimum atomic E-state index is -4.41. The minimum Gasteiger partial charge on any atom is -0.726 e. The normalized spacial score (nSPS) is 10.1. The molecule has 1 heterocycles. The van der Waals surface area contributed by atoms with Crippen LogP contribution >= 0.6 is 23.6 Å². The van der Waals surface area contributed by atoms with Crippen molar-refractivity contribution in [2.75, 3.05) is 14.2 Å². The molecule has 0 atom stereocenters. The molecule has 0 saturated heterocycles. The fourth-order valence-corrected chi connectivity index (χ4v) is 1.06. The number of halogens is 2. The fraction of sp³-hybridized carbons (Fsp3) is 0.455. The third-order valence-corrected chi connectivity index (χ3v) is 2.21. The molecule has 11 heteroatoms. The van der Waals surface area contributed by atoms with E-state index in [4.69, 9.17) is 23.6 Å². The zero-order valence-electron chi connectivity index (χ0n) is 12.2. The lowest BCUT2D eigenvalue weighted by atomic mass is 10.1. The number of carboxylic acid groups (broad SMARTS) is 1. The van der Waals surface area contributed by atoms with Gasteiger partial charge >= 0.3 is 0 Å². The average Bonchev–Trinajstić information content (AvgIpc) is 2.39. The Kier molecular flexibility index (Phi) is 13.3. The highest BCUT2D eigenvalue weighted by molar-refractivity contribution is 7.80. The van der Waals surface area contributed by atoms with Gasteiger partial charge in [-0.25, -0.2) is 8.42 Å². The van der Waals surface area contributed by atoms with Gasteiger partial charge in [0.15, 0.2) is 0 Å². The summed E-state index contributed by atoms with van der Waals surface area (Å²) in [6, 6.07) is 3.12. The Morgan fingerprint density at radius 2 is 1.91 bits per heavy atom. The first kappa shape index (κ1) is 23.3. The summed E-state index contributed by atoms with van der Waals surface area (Å²) in [5, 5.41) is 10.5. The molecule has 0 aliphatic carbocycles. The van der Waals surface area contributed by atoms with E-state index in [1.165, 1.54) is 13.1 Å². The zero-order chi connectivity index (χ0) is 17.8. The van der Waals surface area contributed by atoms with Gasteiger partial charge < -0.3 is 14.5 Å². The van der Waals surface area contributed by atoms with E-state index in [-0.39, 0.29) is 5.56 Å². The molecular formula is C11H16Cl2N2O6S-2. The first-order valence-electron chi connectivity index (χ1n) is 5.77. The maximum atomic E-state index is 10.5. The maximum absolute atomic E-state index is 10.5. The highest BCUT2D eigenvalue weighted by Crippen LogP contribution is 2.06. The number of rotatable bonds is 4. The molecule has 1 aromatic rings. The number of carbonyl (C=O) groups is 1. The molecular weight excluding hydrogens is 359 g/mol. The molecule has 0 spiro atoms. The standard InChI is InChI=1S/C9H11NO2.CH3Cl2N.CH4O4S/c1-2-4-8-7(9(11)12)5-3-6-10-8;1-4(2)3;1-5-6(2,3)4/h3,5-6H,2,4H2,1H3,(H,11,12);1H3;1H3,(H,2,3,4)/p-2. The van der Waals surface area contributed by atoms with Crippen LogP contribution in [0.3, 0.4) is 0 Å². The molecule has 22 heavy (non-hydrogen) atoms. The number of pyridine rings is 1. The summed E-state index contributed by atoms with van der Waals surface area (Å²) in [7, 11) is -2.07. The Labute approximate surface area is 139 Å². The number of nitrogens with zero attached hydrogens (tertiary/aromatic N) is 2. The lowest BCUT2D eigenvalue weighted by Crippen LogP contribution is -2.24. The lowest BCUT2D eigenvalue weighted by molar-refractivity contribution is -0.255. The van der Waals surface area contributed by atoms with Crippen LogP contribution in [0.15, 0.2) is 18.3 Å².